The fourth-order valence-electron chi connectivity index (χ4n) is 1.42. The van der Waals surface area contributed by atoms with Crippen molar-refractivity contribution in [1.82, 2.24) is 0 Å². The van der Waals surface area contributed by atoms with Crippen LogP contribution in [0.15, 0.2) is 24.3 Å². The quantitative estimate of drug-likeness (QED) is 0.837. The maximum Gasteiger partial charge on any atom is 0.303 e. The smallest absolute Gasteiger partial charge is 0.303 e. The molecule has 0 atom stereocenters. The Labute approximate surface area is 107 Å². The van der Waals surface area contributed by atoms with Crippen LogP contribution in [0.2, 0.25) is 0 Å². The van der Waals surface area contributed by atoms with Gasteiger partial charge in [-0.15, -0.1) is 0 Å². The predicted molar refractivity (Wildman–Crippen MR) is 70.4 cm³/mol. The number of ether oxygens (including phenoxy) is 1. The largest absolute Gasteiger partial charge is 0.456 e. The summed E-state index contributed by atoms with van der Waals surface area (Å²) in [5.74, 6) is -0.804. The van der Waals surface area contributed by atoms with E-state index < -0.39 is 5.97 Å². The van der Waals surface area contributed by atoms with Crippen LogP contribution in [0.4, 0.5) is 5.69 Å². The molecule has 1 amide bonds. The van der Waals surface area contributed by atoms with Crippen molar-refractivity contribution in [2.75, 3.05) is 11.9 Å². The summed E-state index contributed by atoms with van der Waals surface area (Å²) in [5.41, 5.74) is 1.97. The van der Waals surface area contributed by atoms with Crippen molar-refractivity contribution < 1.29 is 14.3 Å². The lowest BCUT2D eigenvalue weighted by Gasteiger charge is -2.19. The lowest BCUT2D eigenvalue weighted by molar-refractivity contribution is -0.144. The van der Waals surface area contributed by atoms with E-state index >= 15 is 0 Å². The minimum absolute atomic E-state index is 0.0836. The molecule has 4 nitrogen and oxygen atoms in total. The Morgan fingerprint density at radius 1 is 1.17 bits per heavy atom. The fraction of sp³-hybridized carbons (Fsp3) is 0.429. The summed E-state index contributed by atoms with van der Waals surface area (Å²) in [4.78, 5) is 22.0. The second-order valence-corrected chi connectivity index (χ2v) is 5.16. The Balaban J connectivity index is 2.59. The van der Waals surface area contributed by atoms with Gasteiger partial charge >= 0.3 is 5.97 Å². The van der Waals surface area contributed by atoms with Crippen molar-refractivity contribution in [2.24, 2.45) is 0 Å². The molecular formula is C14H19NO3. The van der Waals surface area contributed by atoms with Crippen molar-refractivity contribution in [3.05, 3.63) is 29.8 Å². The topological polar surface area (TPSA) is 55.4 Å². The minimum Gasteiger partial charge on any atom is -0.456 e. The Hall–Kier alpha value is -1.84. The molecule has 0 radical (unpaired) electrons. The summed E-state index contributed by atoms with van der Waals surface area (Å²) in [6, 6.07) is 7.63. The van der Waals surface area contributed by atoms with Crippen molar-refractivity contribution in [3.63, 3.8) is 0 Å². The molecule has 1 rings (SSSR count). The monoisotopic (exact) mass is 249 g/mol. The van der Waals surface area contributed by atoms with E-state index in [1.807, 2.05) is 24.3 Å². The minimum atomic E-state index is -0.465. The number of hydrogen-bond acceptors (Lipinski definition) is 3. The molecule has 18 heavy (non-hydrogen) atoms. The van der Waals surface area contributed by atoms with Gasteiger partial charge in [0.2, 0.25) is 0 Å². The van der Waals surface area contributed by atoms with Gasteiger partial charge in [-0.05, 0) is 23.1 Å². The molecular weight excluding hydrogens is 230 g/mol. The molecule has 1 aromatic carbocycles. The van der Waals surface area contributed by atoms with E-state index in [4.69, 9.17) is 0 Å². The lowest BCUT2D eigenvalue weighted by atomic mass is 9.87. The number of amides is 1. The molecule has 0 aliphatic carbocycles. The van der Waals surface area contributed by atoms with Gasteiger partial charge in [-0.3, -0.25) is 9.59 Å². The Morgan fingerprint density at radius 2 is 1.72 bits per heavy atom. The zero-order valence-electron chi connectivity index (χ0n) is 11.2. The summed E-state index contributed by atoms with van der Waals surface area (Å²) in [7, 11) is 0. The normalized spacial score (nSPS) is 10.9. The van der Waals surface area contributed by atoms with Crippen molar-refractivity contribution in [2.45, 2.75) is 33.1 Å². The number of esters is 1. The van der Waals surface area contributed by atoms with E-state index in [0.29, 0.717) is 5.69 Å². The molecule has 0 unspecified atom stereocenters. The van der Waals surface area contributed by atoms with Gasteiger partial charge in [-0.2, -0.15) is 0 Å². The third kappa shape index (κ3) is 4.57. The van der Waals surface area contributed by atoms with Crippen LogP contribution in [0, 0.1) is 0 Å². The molecule has 1 aromatic rings. The number of anilines is 1. The van der Waals surface area contributed by atoms with Crippen LogP contribution in [0.3, 0.4) is 0 Å². The molecule has 0 aromatic heterocycles. The number of nitrogens with one attached hydrogen (secondary N) is 1. The highest BCUT2D eigenvalue weighted by Crippen LogP contribution is 2.23. The third-order valence-corrected chi connectivity index (χ3v) is 2.44. The Morgan fingerprint density at radius 3 is 2.17 bits per heavy atom. The van der Waals surface area contributed by atoms with E-state index in [-0.39, 0.29) is 17.9 Å². The first-order valence-corrected chi connectivity index (χ1v) is 5.83. The van der Waals surface area contributed by atoms with E-state index in [9.17, 15) is 9.59 Å². The zero-order chi connectivity index (χ0) is 13.8. The molecule has 0 bridgehead atoms. The Kier molecular flexibility index (Phi) is 4.48. The van der Waals surface area contributed by atoms with E-state index in [0.717, 1.165) is 0 Å². The zero-order valence-corrected chi connectivity index (χ0v) is 11.2. The number of rotatable bonds is 3. The van der Waals surface area contributed by atoms with Crippen LogP contribution in [-0.4, -0.2) is 18.5 Å². The SMILES string of the molecule is CC(=O)OCC(=O)Nc1ccc(C(C)(C)C)cc1. The second-order valence-electron chi connectivity index (χ2n) is 5.16. The molecule has 0 aliphatic rings. The summed E-state index contributed by atoms with van der Waals surface area (Å²) >= 11 is 0. The number of hydrogen-bond donors (Lipinski definition) is 1. The van der Waals surface area contributed by atoms with Crippen LogP contribution in [0.25, 0.3) is 0 Å². The van der Waals surface area contributed by atoms with Crippen LogP contribution in [0.5, 0.6) is 0 Å². The van der Waals surface area contributed by atoms with Gasteiger partial charge in [0.15, 0.2) is 6.61 Å². The van der Waals surface area contributed by atoms with Gasteiger partial charge in [-0.25, -0.2) is 0 Å². The maximum absolute atomic E-state index is 11.4. The van der Waals surface area contributed by atoms with E-state index in [1.54, 1.807) is 0 Å². The van der Waals surface area contributed by atoms with Gasteiger partial charge in [-0.1, -0.05) is 32.9 Å². The highest BCUT2D eigenvalue weighted by Gasteiger charge is 2.13. The number of carbonyl (C=O) groups is 2. The summed E-state index contributed by atoms with van der Waals surface area (Å²) in [5, 5.41) is 2.66. The molecule has 0 heterocycles. The first kappa shape index (κ1) is 14.2. The number of benzene rings is 1. The lowest BCUT2D eigenvalue weighted by Crippen LogP contribution is -2.20. The van der Waals surface area contributed by atoms with Crippen LogP contribution >= 0.6 is 0 Å². The first-order valence-electron chi connectivity index (χ1n) is 5.83. The summed E-state index contributed by atoms with van der Waals surface area (Å²) in [6.07, 6.45) is 0. The summed E-state index contributed by atoms with van der Waals surface area (Å²) in [6.45, 7) is 7.39. The second kappa shape index (κ2) is 5.67. The van der Waals surface area contributed by atoms with Crippen molar-refractivity contribution in [3.8, 4) is 0 Å². The number of carbonyl (C=O) groups excluding carboxylic acids is 2. The van der Waals surface area contributed by atoms with Crippen LogP contribution in [-0.2, 0) is 19.7 Å². The van der Waals surface area contributed by atoms with E-state index in [2.05, 4.69) is 30.8 Å². The molecule has 4 heteroatoms. The molecule has 0 saturated heterocycles. The molecule has 0 fully saturated rings. The van der Waals surface area contributed by atoms with Crippen LogP contribution < -0.4 is 5.32 Å². The van der Waals surface area contributed by atoms with Gasteiger partial charge in [0, 0.05) is 12.6 Å². The van der Waals surface area contributed by atoms with Gasteiger partial charge in [0.05, 0.1) is 0 Å². The highest BCUT2D eigenvalue weighted by atomic mass is 16.5. The van der Waals surface area contributed by atoms with Crippen molar-refractivity contribution >= 4 is 17.6 Å². The average molecular weight is 249 g/mol. The molecule has 1 N–H and O–H groups in total. The third-order valence-electron chi connectivity index (χ3n) is 2.44. The predicted octanol–water partition coefficient (Wildman–Crippen LogP) is 2.49. The summed E-state index contributed by atoms with van der Waals surface area (Å²) < 4.78 is 4.60. The van der Waals surface area contributed by atoms with Gasteiger partial charge in [0.25, 0.3) is 5.91 Å². The van der Waals surface area contributed by atoms with Gasteiger partial charge in [0.1, 0.15) is 0 Å². The standard InChI is InChI=1S/C14H19NO3/c1-10(16)18-9-13(17)15-12-7-5-11(6-8-12)14(2,3)4/h5-8H,9H2,1-4H3,(H,15,17). The first-order chi connectivity index (χ1) is 8.29. The van der Waals surface area contributed by atoms with E-state index in [1.165, 1.54) is 12.5 Å². The Bertz CT molecular complexity index is 429. The molecule has 0 spiro atoms. The maximum atomic E-state index is 11.4. The van der Waals surface area contributed by atoms with Crippen molar-refractivity contribution in [1.29, 1.82) is 0 Å². The van der Waals surface area contributed by atoms with Gasteiger partial charge < -0.3 is 10.1 Å². The highest BCUT2D eigenvalue weighted by molar-refractivity contribution is 5.92. The molecule has 0 saturated carbocycles. The van der Waals surface area contributed by atoms with Crippen LogP contribution in [0.1, 0.15) is 33.3 Å². The molecule has 0 aliphatic heterocycles. The fourth-order valence-corrected chi connectivity index (χ4v) is 1.42. The average Bonchev–Trinajstić information content (AvgIpc) is 2.26. The molecule has 98 valence electrons.